The van der Waals surface area contributed by atoms with E-state index in [1.54, 1.807) is 0 Å². The van der Waals surface area contributed by atoms with Crippen LogP contribution in [0.2, 0.25) is 10.0 Å². The Kier molecular flexibility index (Phi) is 4.42. The molecular weight excluding hydrogens is 261 g/mol. The van der Waals surface area contributed by atoms with Gasteiger partial charge in [0.1, 0.15) is 0 Å². The molecule has 16 heavy (non-hydrogen) atoms. The van der Waals surface area contributed by atoms with Gasteiger partial charge in [-0.25, -0.2) is 0 Å². The molecule has 0 amide bonds. The monoisotopic (exact) mass is 275 g/mol. The Hall–Kier alpha value is 0.110. The van der Waals surface area contributed by atoms with E-state index in [2.05, 4.69) is 12.2 Å². The first kappa shape index (κ1) is 12.6. The SMILES string of the molecule is CCCNC1CSCc2c(Cl)ccc(Cl)c21. The van der Waals surface area contributed by atoms with Crippen molar-refractivity contribution in [3.8, 4) is 0 Å². The molecule has 2 rings (SSSR count). The highest BCUT2D eigenvalue weighted by molar-refractivity contribution is 7.98. The second kappa shape index (κ2) is 5.63. The Morgan fingerprint density at radius 1 is 1.38 bits per heavy atom. The lowest BCUT2D eigenvalue weighted by Crippen LogP contribution is -2.27. The molecule has 0 fully saturated rings. The molecule has 0 saturated heterocycles. The Bertz CT molecular complexity index is 382. The molecule has 0 aromatic heterocycles. The minimum atomic E-state index is 0.347. The van der Waals surface area contributed by atoms with Crippen LogP contribution < -0.4 is 5.32 Å². The van der Waals surface area contributed by atoms with Crippen LogP contribution >= 0.6 is 35.0 Å². The van der Waals surface area contributed by atoms with Gasteiger partial charge in [0.25, 0.3) is 0 Å². The fourth-order valence-electron chi connectivity index (χ4n) is 1.97. The smallest absolute Gasteiger partial charge is 0.0458 e. The standard InChI is InChI=1S/C12H15Cl2NS/c1-2-5-15-11-7-16-6-8-9(13)3-4-10(14)12(8)11/h3-4,11,15H,2,5-7H2,1H3. The average Bonchev–Trinajstić information content (AvgIpc) is 2.31. The van der Waals surface area contributed by atoms with E-state index in [0.717, 1.165) is 34.5 Å². The number of benzene rings is 1. The van der Waals surface area contributed by atoms with E-state index in [1.165, 1.54) is 11.1 Å². The Morgan fingerprint density at radius 2 is 2.12 bits per heavy atom. The number of nitrogens with one attached hydrogen (secondary N) is 1. The second-order valence-electron chi connectivity index (χ2n) is 3.94. The van der Waals surface area contributed by atoms with Gasteiger partial charge in [0.15, 0.2) is 0 Å². The normalized spacial score (nSPS) is 19.6. The van der Waals surface area contributed by atoms with Gasteiger partial charge >= 0.3 is 0 Å². The van der Waals surface area contributed by atoms with E-state index in [-0.39, 0.29) is 0 Å². The molecule has 1 heterocycles. The number of thioether (sulfide) groups is 1. The molecule has 1 N–H and O–H groups in total. The summed E-state index contributed by atoms with van der Waals surface area (Å²) >= 11 is 14.4. The van der Waals surface area contributed by atoms with Crippen molar-refractivity contribution in [2.24, 2.45) is 0 Å². The van der Waals surface area contributed by atoms with Crippen molar-refractivity contribution in [3.05, 3.63) is 33.3 Å². The fourth-order valence-corrected chi connectivity index (χ4v) is 3.75. The maximum atomic E-state index is 6.28. The molecule has 1 aliphatic heterocycles. The lowest BCUT2D eigenvalue weighted by Gasteiger charge is -2.27. The summed E-state index contributed by atoms with van der Waals surface area (Å²) in [6.45, 7) is 3.19. The lowest BCUT2D eigenvalue weighted by atomic mass is 10.0. The number of rotatable bonds is 3. The molecular formula is C12H15Cl2NS. The van der Waals surface area contributed by atoms with Crippen molar-refractivity contribution < 1.29 is 0 Å². The summed E-state index contributed by atoms with van der Waals surface area (Å²) in [5.74, 6) is 2.05. The maximum absolute atomic E-state index is 6.28. The molecule has 0 spiro atoms. The highest BCUT2D eigenvalue weighted by Crippen LogP contribution is 2.39. The van der Waals surface area contributed by atoms with Crippen LogP contribution in [0.5, 0.6) is 0 Å². The summed E-state index contributed by atoms with van der Waals surface area (Å²) in [5.41, 5.74) is 2.42. The van der Waals surface area contributed by atoms with Crippen molar-refractivity contribution in [3.63, 3.8) is 0 Å². The molecule has 1 aromatic carbocycles. The highest BCUT2D eigenvalue weighted by atomic mass is 35.5. The predicted octanol–water partition coefficient (Wildman–Crippen LogP) is 4.28. The van der Waals surface area contributed by atoms with Crippen LogP contribution in [0, 0.1) is 0 Å². The van der Waals surface area contributed by atoms with Gasteiger partial charge in [0.05, 0.1) is 0 Å². The van der Waals surface area contributed by atoms with Gasteiger partial charge in [-0.05, 0) is 36.2 Å². The van der Waals surface area contributed by atoms with E-state index < -0.39 is 0 Å². The zero-order chi connectivity index (χ0) is 11.5. The quantitative estimate of drug-likeness (QED) is 0.884. The summed E-state index contributed by atoms with van der Waals surface area (Å²) in [4.78, 5) is 0. The van der Waals surface area contributed by atoms with E-state index >= 15 is 0 Å². The zero-order valence-electron chi connectivity index (χ0n) is 9.22. The van der Waals surface area contributed by atoms with Crippen LogP contribution in [0.1, 0.15) is 30.5 Å². The van der Waals surface area contributed by atoms with Gasteiger partial charge in [0, 0.05) is 27.6 Å². The van der Waals surface area contributed by atoms with Crippen molar-refractivity contribution in [2.75, 3.05) is 12.3 Å². The zero-order valence-corrected chi connectivity index (χ0v) is 11.6. The minimum Gasteiger partial charge on any atom is -0.309 e. The average molecular weight is 276 g/mol. The minimum absolute atomic E-state index is 0.347. The Balaban J connectivity index is 2.33. The van der Waals surface area contributed by atoms with Crippen LogP contribution in [0.3, 0.4) is 0 Å². The Labute approximate surface area is 111 Å². The molecule has 0 bridgehead atoms. The van der Waals surface area contributed by atoms with Crippen LogP contribution in [-0.2, 0) is 5.75 Å². The van der Waals surface area contributed by atoms with E-state index in [0.29, 0.717) is 6.04 Å². The third-order valence-electron chi connectivity index (χ3n) is 2.77. The number of fused-ring (bicyclic) bond motifs is 1. The molecule has 0 radical (unpaired) electrons. The summed E-state index contributed by atoms with van der Waals surface area (Å²) in [7, 11) is 0. The van der Waals surface area contributed by atoms with Crippen molar-refractivity contribution in [2.45, 2.75) is 25.1 Å². The summed E-state index contributed by atoms with van der Waals surface area (Å²) in [6.07, 6.45) is 1.13. The summed E-state index contributed by atoms with van der Waals surface area (Å²) < 4.78 is 0. The second-order valence-corrected chi connectivity index (χ2v) is 5.79. The van der Waals surface area contributed by atoms with Gasteiger partial charge < -0.3 is 5.32 Å². The molecule has 1 aromatic rings. The van der Waals surface area contributed by atoms with Crippen LogP contribution in [0.25, 0.3) is 0 Å². The third kappa shape index (κ3) is 2.51. The van der Waals surface area contributed by atoms with Gasteiger partial charge in [-0.15, -0.1) is 0 Å². The van der Waals surface area contributed by atoms with Crippen molar-refractivity contribution in [1.29, 1.82) is 0 Å². The topological polar surface area (TPSA) is 12.0 Å². The molecule has 0 saturated carbocycles. The van der Waals surface area contributed by atoms with E-state index in [1.807, 2.05) is 23.9 Å². The highest BCUT2D eigenvalue weighted by Gasteiger charge is 2.24. The molecule has 4 heteroatoms. The lowest BCUT2D eigenvalue weighted by molar-refractivity contribution is 0.571. The van der Waals surface area contributed by atoms with Gasteiger partial charge in [-0.2, -0.15) is 11.8 Å². The van der Waals surface area contributed by atoms with E-state index in [4.69, 9.17) is 23.2 Å². The third-order valence-corrected chi connectivity index (χ3v) is 4.51. The number of hydrogen-bond acceptors (Lipinski definition) is 2. The van der Waals surface area contributed by atoms with E-state index in [9.17, 15) is 0 Å². The predicted molar refractivity (Wildman–Crippen MR) is 73.7 cm³/mol. The van der Waals surface area contributed by atoms with Crippen LogP contribution in [0.15, 0.2) is 12.1 Å². The number of halogens is 2. The molecule has 88 valence electrons. The molecule has 0 aliphatic carbocycles. The van der Waals surface area contributed by atoms with Crippen LogP contribution in [0.4, 0.5) is 0 Å². The van der Waals surface area contributed by atoms with Gasteiger partial charge in [-0.3, -0.25) is 0 Å². The fraction of sp³-hybridized carbons (Fsp3) is 0.500. The molecule has 1 atom stereocenters. The molecule has 1 aliphatic rings. The molecule has 1 nitrogen and oxygen atoms in total. The van der Waals surface area contributed by atoms with Crippen molar-refractivity contribution in [1.82, 2.24) is 5.32 Å². The van der Waals surface area contributed by atoms with Crippen LogP contribution in [-0.4, -0.2) is 12.3 Å². The number of hydrogen-bond donors (Lipinski definition) is 1. The summed E-state index contributed by atoms with van der Waals surface area (Å²) in [6, 6.07) is 4.14. The maximum Gasteiger partial charge on any atom is 0.0458 e. The molecule has 1 unspecified atom stereocenters. The first-order chi connectivity index (χ1) is 7.74. The Morgan fingerprint density at radius 3 is 2.88 bits per heavy atom. The summed E-state index contributed by atoms with van der Waals surface area (Å²) in [5, 5.41) is 5.22. The van der Waals surface area contributed by atoms with Crippen molar-refractivity contribution >= 4 is 35.0 Å². The van der Waals surface area contributed by atoms with Gasteiger partial charge in [0.2, 0.25) is 0 Å². The van der Waals surface area contributed by atoms with Gasteiger partial charge in [-0.1, -0.05) is 30.1 Å². The first-order valence-electron chi connectivity index (χ1n) is 5.52. The first-order valence-corrected chi connectivity index (χ1v) is 7.43. The largest absolute Gasteiger partial charge is 0.309 e.